The number of hydrogen-bond acceptors (Lipinski definition) is 4. The van der Waals surface area contributed by atoms with E-state index < -0.39 is 6.04 Å². The molecule has 1 atom stereocenters. The van der Waals surface area contributed by atoms with E-state index in [0.717, 1.165) is 16.6 Å². The number of nitrogens with zero attached hydrogens (tertiary/aromatic N) is 2. The first-order chi connectivity index (χ1) is 12.2. The van der Waals surface area contributed by atoms with Crippen LogP contribution in [0.25, 0.3) is 0 Å². The highest BCUT2D eigenvalue weighted by atomic mass is 32.2. The van der Waals surface area contributed by atoms with Gasteiger partial charge in [-0.15, -0.1) is 11.8 Å². The van der Waals surface area contributed by atoms with Gasteiger partial charge in [0.15, 0.2) is 0 Å². The van der Waals surface area contributed by atoms with Gasteiger partial charge in [0, 0.05) is 34.1 Å². The second-order valence-electron chi connectivity index (χ2n) is 6.50. The number of carbonyl (C=O) groups is 2. The molecular formula is C18H20N4O2S. The Balaban J connectivity index is 1.37. The summed E-state index contributed by atoms with van der Waals surface area (Å²) in [6.07, 6.45) is 8.76. The van der Waals surface area contributed by atoms with Gasteiger partial charge in [0.1, 0.15) is 12.4 Å². The van der Waals surface area contributed by atoms with Crippen LogP contribution in [0, 0.1) is 0 Å². The molecule has 0 bridgehead atoms. The highest BCUT2D eigenvalue weighted by Crippen LogP contribution is 2.34. The summed E-state index contributed by atoms with van der Waals surface area (Å²) in [5.74, 6) is -0.211. The number of carbonyl (C=O) groups excluding carboxylic acids is 2. The highest BCUT2D eigenvalue weighted by Gasteiger charge is 2.29. The minimum atomic E-state index is -0.579. The molecule has 2 aliphatic rings. The van der Waals surface area contributed by atoms with Crippen LogP contribution in [0.2, 0.25) is 0 Å². The maximum absolute atomic E-state index is 12.4. The van der Waals surface area contributed by atoms with E-state index in [1.807, 2.05) is 36.0 Å². The fourth-order valence-electron chi connectivity index (χ4n) is 3.34. The van der Waals surface area contributed by atoms with Gasteiger partial charge in [-0.05, 0) is 37.1 Å². The molecule has 25 heavy (non-hydrogen) atoms. The number of hydrogen-bond donors (Lipinski definition) is 2. The van der Waals surface area contributed by atoms with Crippen molar-refractivity contribution in [3.63, 3.8) is 0 Å². The van der Waals surface area contributed by atoms with Crippen molar-refractivity contribution in [1.82, 2.24) is 14.9 Å². The third-order valence-electron chi connectivity index (χ3n) is 4.69. The largest absolute Gasteiger partial charge is 0.327 e. The molecule has 0 saturated heterocycles. The van der Waals surface area contributed by atoms with Gasteiger partial charge in [-0.2, -0.15) is 0 Å². The number of rotatable bonds is 4. The van der Waals surface area contributed by atoms with E-state index in [2.05, 4.69) is 15.6 Å². The molecule has 1 unspecified atom stereocenters. The van der Waals surface area contributed by atoms with Gasteiger partial charge in [-0.3, -0.25) is 9.36 Å². The summed E-state index contributed by atoms with van der Waals surface area (Å²) in [7, 11) is 0. The van der Waals surface area contributed by atoms with Crippen LogP contribution in [0.15, 0.2) is 41.7 Å². The van der Waals surface area contributed by atoms with E-state index in [-0.39, 0.29) is 11.9 Å². The van der Waals surface area contributed by atoms with Gasteiger partial charge in [-0.25, -0.2) is 9.78 Å². The zero-order chi connectivity index (χ0) is 17.2. The molecular weight excluding hydrogens is 336 g/mol. The van der Waals surface area contributed by atoms with Crippen LogP contribution in [0.3, 0.4) is 0 Å². The molecule has 2 aromatic rings. The smallest absolute Gasteiger partial charge is 0.325 e. The van der Waals surface area contributed by atoms with Gasteiger partial charge in [-0.1, -0.05) is 12.8 Å². The number of benzene rings is 1. The SMILES string of the molecule is O=C(Nc1ccc(SC2CCCC2)cc1)C1Cc2cncn2C(=O)N1. The predicted octanol–water partition coefficient (Wildman–Crippen LogP) is 3.04. The average Bonchev–Trinajstić information content (AvgIpc) is 3.28. The molecule has 2 heterocycles. The summed E-state index contributed by atoms with van der Waals surface area (Å²) in [5.41, 5.74) is 1.49. The van der Waals surface area contributed by atoms with Crippen LogP contribution in [-0.4, -0.2) is 32.8 Å². The molecule has 1 aromatic heterocycles. The number of aromatic nitrogens is 2. The maximum Gasteiger partial charge on any atom is 0.327 e. The fraction of sp³-hybridized carbons (Fsp3) is 0.389. The number of nitrogens with one attached hydrogen (secondary N) is 2. The first-order valence-electron chi connectivity index (χ1n) is 8.59. The van der Waals surface area contributed by atoms with Gasteiger partial charge in [0.25, 0.3) is 0 Å². The summed E-state index contributed by atoms with van der Waals surface area (Å²) in [5, 5.41) is 6.31. The lowest BCUT2D eigenvalue weighted by molar-refractivity contribution is -0.118. The fourth-order valence-corrected chi connectivity index (χ4v) is 4.59. The first-order valence-corrected chi connectivity index (χ1v) is 9.47. The van der Waals surface area contributed by atoms with Crippen molar-refractivity contribution >= 4 is 29.4 Å². The Morgan fingerprint density at radius 1 is 1.24 bits per heavy atom. The second-order valence-corrected chi connectivity index (χ2v) is 7.87. The van der Waals surface area contributed by atoms with Gasteiger partial charge in [0.05, 0.1) is 0 Å². The van der Waals surface area contributed by atoms with E-state index >= 15 is 0 Å². The van der Waals surface area contributed by atoms with Crippen molar-refractivity contribution in [3.05, 3.63) is 42.5 Å². The Morgan fingerprint density at radius 3 is 2.76 bits per heavy atom. The van der Waals surface area contributed by atoms with E-state index in [1.54, 1.807) is 6.20 Å². The van der Waals surface area contributed by atoms with Gasteiger partial charge in [0.2, 0.25) is 5.91 Å². The normalized spacial score (nSPS) is 20.2. The molecule has 7 heteroatoms. The van der Waals surface area contributed by atoms with E-state index in [1.165, 1.54) is 41.5 Å². The topological polar surface area (TPSA) is 76.0 Å². The van der Waals surface area contributed by atoms with Crippen LogP contribution in [0.5, 0.6) is 0 Å². The Bertz CT molecular complexity index is 781. The lowest BCUT2D eigenvalue weighted by Crippen LogP contribution is -2.50. The standard InChI is InChI=1S/C18H20N4O2S/c23-17(16-9-13-10-19-11-22(13)18(24)21-16)20-12-5-7-15(8-6-12)25-14-3-1-2-4-14/h5-8,10-11,14,16H,1-4,9H2,(H,20,23)(H,21,24). The van der Waals surface area contributed by atoms with Gasteiger partial charge >= 0.3 is 6.03 Å². The van der Waals surface area contributed by atoms with E-state index in [9.17, 15) is 9.59 Å². The van der Waals surface area contributed by atoms with Crippen molar-refractivity contribution in [1.29, 1.82) is 0 Å². The Hall–Kier alpha value is -2.28. The summed E-state index contributed by atoms with van der Waals surface area (Å²) in [4.78, 5) is 29.6. The molecule has 0 radical (unpaired) electrons. The van der Waals surface area contributed by atoms with Crippen LogP contribution in [0.1, 0.15) is 31.4 Å². The van der Waals surface area contributed by atoms with Crippen LogP contribution >= 0.6 is 11.8 Å². The first kappa shape index (κ1) is 16.2. The zero-order valence-corrected chi connectivity index (χ0v) is 14.6. The van der Waals surface area contributed by atoms with E-state index in [4.69, 9.17) is 0 Å². The Morgan fingerprint density at radius 2 is 2.00 bits per heavy atom. The minimum Gasteiger partial charge on any atom is -0.325 e. The summed E-state index contributed by atoms with van der Waals surface area (Å²) >= 11 is 1.92. The summed E-state index contributed by atoms with van der Waals surface area (Å²) in [6.45, 7) is 0. The quantitative estimate of drug-likeness (QED) is 0.883. The molecule has 130 valence electrons. The predicted molar refractivity (Wildman–Crippen MR) is 96.8 cm³/mol. The van der Waals surface area contributed by atoms with Crippen molar-refractivity contribution in [2.45, 2.75) is 48.3 Å². The molecule has 1 fully saturated rings. The molecule has 1 aliphatic carbocycles. The zero-order valence-electron chi connectivity index (χ0n) is 13.8. The monoisotopic (exact) mass is 356 g/mol. The van der Waals surface area contributed by atoms with Crippen LogP contribution in [-0.2, 0) is 11.2 Å². The van der Waals surface area contributed by atoms with Crippen molar-refractivity contribution in [2.75, 3.05) is 5.32 Å². The van der Waals surface area contributed by atoms with Crippen LogP contribution < -0.4 is 10.6 Å². The van der Waals surface area contributed by atoms with Crippen LogP contribution in [0.4, 0.5) is 10.5 Å². The summed E-state index contributed by atoms with van der Waals surface area (Å²) < 4.78 is 1.43. The van der Waals surface area contributed by atoms with Crippen molar-refractivity contribution in [3.8, 4) is 0 Å². The lowest BCUT2D eigenvalue weighted by Gasteiger charge is -2.23. The Kier molecular flexibility index (Phi) is 4.48. The molecule has 1 aliphatic heterocycles. The number of thioether (sulfide) groups is 1. The molecule has 6 nitrogen and oxygen atoms in total. The number of fused-ring (bicyclic) bond motifs is 1. The van der Waals surface area contributed by atoms with Crippen molar-refractivity contribution < 1.29 is 9.59 Å². The average molecular weight is 356 g/mol. The number of anilines is 1. The molecule has 0 spiro atoms. The molecule has 1 aromatic carbocycles. The molecule has 4 rings (SSSR count). The molecule has 2 N–H and O–H groups in total. The minimum absolute atomic E-state index is 0.211. The third kappa shape index (κ3) is 3.56. The van der Waals surface area contributed by atoms with Crippen molar-refractivity contribution in [2.24, 2.45) is 0 Å². The summed E-state index contributed by atoms with van der Waals surface area (Å²) in [6, 6.07) is 7.04. The van der Waals surface area contributed by atoms with Gasteiger partial charge < -0.3 is 10.6 Å². The highest BCUT2D eigenvalue weighted by molar-refractivity contribution is 8.00. The number of imidazole rings is 1. The molecule has 2 amide bonds. The molecule has 1 saturated carbocycles. The maximum atomic E-state index is 12.4. The number of amides is 2. The third-order valence-corrected chi connectivity index (χ3v) is 6.04. The van der Waals surface area contributed by atoms with E-state index in [0.29, 0.717) is 6.42 Å². The lowest BCUT2D eigenvalue weighted by atomic mass is 10.1. The Labute approximate surface area is 150 Å². The second kappa shape index (κ2) is 6.92.